The number of hydrogen-bond acceptors (Lipinski definition) is 4. The minimum Gasteiger partial charge on any atom is -0.302 e. The van der Waals surface area contributed by atoms with Crippen molar-refractivity contribution < 1.29 is 9.18 Å². The van der Waals surface area contributed by atoms with Crippen LogP contribution in [0.5, 0.6) is 0 Å². The number of aromatic nitrogens is 1. The highest BCUT2D eigenvalue weighted by Crippen LogP contribution is 2.28. The maximum absolute atomic E-state index is 13.9. The molecule has 0 saturated carbocycles. The Bertz CT molecular complexity index is 701. The summed E-state index contributed by atoms with van der Waals surface area (Å²) in [5.74, 6) is 4.44. The number of carbonyl (C=O) groups is 1. The van der Waals surface area contributed by atoms with Gasteiger partial charge in [0.25, 0.3) is 5.91 Å². The Morgan fingerprint density at radius 3 is 3.05 bits per heavy atom. The van der Waals surface area contributed by atoms with Gasteiger partial charge in [0, 0.05) is 36.2 Å². The van der Waals surface area contributed by atoms with Gasteiger partial charge in [0.1, 0.15) is 11.3 Å². The Kier molecular flexibility index (Phi) is 3.11. The van der Waals surface area contributed by atoms with E-state index in [9.17, 15) is 9.18 Å². The summed E-state index contributed by atoms with van der Waals surface area (Å²) in [6.07, 6.45) is 0.695. The van der Waals surface area contributed by atoms with E-state index in [0.29, 0.717) is 23.9 Å². The van der Waals surface area contributed by atoms with Crippen molar-refractivity contribution in [2.75, 3.05) is 13.6 Å². The number of amides is 1. The van der Waals surface area contributed by atoms with Crippen LogP contribution in [0.15, 0.2) is 18.2 Å². The Balaban J connectivity index is 2.37. The molecule has 0 atom stereocenters. The number of pyridine rings is 1. The number of benzene rings is 1. The third-order valence-corrected chi connectivity index (χ3v) is 3.67. The van der Waals surface area contributed by atoms with Gasteiger partial charge in [0.15, 0.2) is 0 Å². The van der Waals surface area contributed by atoms with Gasteiger partial charge in [-0.1, -0.05) is 12.1 Å². The van der Waals surface area contributed by atoms with E-state index in [4.69, 9.17) is 5.84 Å². The average Bonchev–Trinajstić information content (AvgIpc) is 2.45. The van der Waals surface area contributed by atoms with Crippen LogP contribution in [0.1, 0.15) is 21.6 Å². The fourth-order valence-electron chi connectivity index (χ4n) is 2.69. The van der Waals surface area contributed by atoms with E-state index in [-0.39, 0.29) is 5.52 Å². The molecule has 2 heterocycles. The SMILES string of the molecule is CN1CCc2nc3c(F)cccc3c(C(=O)NN)c2C1. The van der Waals surface area contributed by atoms with Crippen molar-refractivity contribution in [3.05, 3.63) is 40.8 Å². The van der Waals surface area contributed by atoms with Crippen LogP contribution in [-0.2, 0) is 13.0 Å². The first-order chi connectivity index (χ1) is 9.61. The number of nitrogen functional groups attached to an aromatic ring is 1. The van der Waals surface area contributed by atoms with Crippen LogP contribution in [0.4, 0.5) is 4.39 Å². The third-order valence-electron chi connectivity index (χ3n) is 3.67. The summed E-state index contributed by atoms with van der Waals surface area (Å²) < 4.78 is 13.9. The molecule has 6 heteroatoms. The lowest BCUT2D eigenvalue weighted by molar-refractivity contribution is 0.0953. The first-order valence-corrected chi connectivity index (χ1v) is 6.41. The first kappa shape index (κ1) is 13.0. The summed E-state index contributed by atoms with van der Waals surface area (Å²) in [4.78, 5) is 18.6. The Hall–Kier alpha value is -2.05. The number of nitrogens with two attached hydrogens (primary N) is 1. The monoisotopic (exact) mass is 274 g/mol. The number of nitrogens with zero attached hydrogens (tertiary/aromatic N) is 2. The number of hydrogen-bond donors (Lipinski definition) is 2. The lowest BCUT2D eigenvalue weighted by Crippen LogP contribution is -2.34. The van der Waals surface area contributed by atoms with E-state index in [1.807, 2.05) is 7.05 Å². The number of carbonyl (C=O) groups excluding carboxylic acids is 1. The second-order valence-electron chi connectivity index (χ2n) is 5.01. The Morgan fingerprint density at radius 2 is 2.30 bits per heavy atom. The van der Waals surface area contributed by atoms with E-state index >= 15 is 0 Å². The molecule has 0 unspecified atom stereocenters. The third kappa shape index (κ3) is 1.93. The predicted molar refractivity (Wildman–Crippen MR) is 73.4 cm³/mol. The van der Waals surface area contributed by atoms with Gasteiger partial charge in [-0.25, -0.2) is 15.2 Å². The van der Waals surface area contributed by atoms with Crippen LogP contribution in [0.25, 0.3) is 10.9 Å². The number of para-hydroxylation sites is 1. The van der Waals surface area contributed by atoms with Gasteiger partial charge in [0.2, 0.25) is 0 Å². The lowest BCUT2D eigenvalue weighted by atomic mass is 9.95. The van der Waals surface area contributed by atoms with E-state index < -0.39 is 11.7 Å². The van der Waals surface area contributed by atoms with Gasteiger partial charge >= 0.3 is 0 Å². The highest BCUT2D eigenvalue weighted by atomic mass is 19.1. The molecule has 0 radical (unpaired) electrons. The summed E-state index contributed by atoms with van der Waals surface area (Å²) in [5.41, 5.74) is 4.42. The van der Waals surface area contributed by atoms with Gasteiger partial charge in [-0.05, 0) is 13.1 Å². The molecule has 0 spiro atoms. The van der Waals surface area contributed by atoms with Crippen LogP contribution >= 0.6 is 0 Å². The van der Waals surface area contributed by atoms with Crippen molar-refractivity contribution in [2.24, 2.45) is 5.84 Å². The summed E-state index contributed by atoms with van der Waals surface area (Å²) in [5, 5.41) is 0.502. The highest BCUT2D eigenvalue weighted by Gasteiger charge is 2.24. The Labute approximate surface area is 115 Å². The van der Waals surface area contributed by atoms with E-state index in [2.05, 4.69) is 15.3 Å². The molecular formula is C14H15FN4O. The zero-order chi connectivity index (χ0) is 14.3. The molecule has 20 heavy (non-hydrogen) atoms. The molecule has 0 saturated heterocycles. The fraction of sp³-hybridized carbons (Fsp3) is 0.286. The van der Waals surface area contributed by atoms with Crippen molar-refractivity contribution in [3.8, 4) is 0 Å². The zero-order valence-electron chi connectivity index (χ0n) is 11.1. The number of nitrogens with one attached hydrogen (secondary N) is 1. The number of hydrazine groups is 1. The average molecular weight is 274 g/mol. The van der Waals surface area contributed by atoms with Crippen molar-refractivity contribution in [3.63, 3.8) is 0 Å². The van der Waals surface area contributed by atoms with Gasteiger partial charge in [-0.2, -0.15) is 0 Å². The van der Waals surface area contributed by atoms with Gasteiger partial charge in [0.05, 0.1) is 5.56 Å². The molecule has 1 amide bonds. The molecule has 1 aromatic heterocycles. The molecule has 3 N–H and O–H groups in total. The van der Waals surface area contributed by atoms with Gasteiger partial charge in [-0.3, -0.25) is 10.2 Å². The van der Waals surface area contributed by atoms with Gasteiger partial charge in [-0.15, -0.1) is 0 Å². The molecule has 1 aliphatic heterocycles. The molecule has 1 aromatic carbocycles. The number of fused-ring (bicyclic) bond motifs is 2. The molecular weight excluding hydrogens is 259 g/mol. The van der Waals surface area contributed by atoms with Gasteiger partial charge < -0.3 is 4.90 Å². The standard InChI is InChI=1S/C14H15FN4O/c1-19-6-5-11-9(7-19)12(14(20)18-16)8-3-2-4-10(15)13(8)17-11/h2-4H,5-7,16H2,1H3,(H,18,20). The molecule has 5 nitrogen and oxygen atoms in total. The number of likely N-dealkylation sites (N-methyl/N-ethyl adjacent to an activating group) is 1. The summed E-state index contributed by atoms with van der Waals surface area (Å²) in [6, 6.07) is 4.62. The fourth-order valence-corrected chi connectivity index (χ4v) is 2.69. The van der Waals surface area contributed by atoms with E-state index in [1.54, 1.807) is 12.1 Å². The minimum absolute atomic E-state index is 0.231. The second kappa shape index (κ2) is 4.81. The van der Waals surface area contributed by atoms with E-state index in [1.165, 1.54) is 6.07 Å². The van der Waals surface area contributed by atoms with Crippen molar-refractivity contribution in [1.82, 2.24) is 15.3 Å². The predicted octanol–water partition coefficient (Wildman–Crippen LogP) is 0.965. The quantitative estimate of drug-likeness (QED) is 0.462. The smallest absolute Gasteiger partial charge is 0.266 e. The topological polar surface area (TPSA) is 71.2 Å². The normalized spacial score (nSPS) is 15.2. The minimum atomic E-state index is -0.421. The van der Waals surface area contributed by atoms with Crippen molar-refractivity contribution in [2.45, 2.75) is 13.0 Å². The van der Waals surface area contributed by atoms with Crippen LogP contribution < -0.4 is 11.3 Å². The Morgan fingerprint density at radius 1 is 1.50 bits per heavy atom. The van der Waals surface area contributed by atoms with E-state index in [0.717, 1.165) is 17.8 Å². The number of halogens is 1. The molecule has 104 valence electrons. The molecule has 1 aliphatic rings. The van der Waals surface area contributed by atoms with Crippen LogP contribution in [-0.4, -0.2) is 29.4 Å². The van der Waals surface area contributed by atoms with Crippen molar-refractivity contribution in [1.29, 1.82) is 0 Å². The summed E-state index contributed by atoms with van der Waals surface area (Å²) in [6.45, 7) is 1.45. The maximum Gasteiger partial charge on any atom is 0.266 e. The van der Waals surface area contributed by atoms with Crippen molar-refractivity contribution >= 4 is 16.8 Å². The molecule has 0 fully saturated rings. The highest BCUT2D eigenvalue weighted by molar-refractivity contribution is 6.07. The van der Waals surface area contributed by atoms with Crippen LogP contribution in [0, 0.1) is 5.82 Å². The maximum atomic E-state index is 13.9. The number of rotatable bonds is 1. The van der Waals surface area contributed by atoms with Crippen LogP contribution in [0.2, 0.25) is 0 Å². The summed E-state index contributed by atoms with van der Waals surface area (Å²) >= 11 is 0. The first-order valence-electron chi connectivity index (χ1n) is 6.41. The molecule has 3 rings (SSSR count). The molecule has 0 bridgehead atoms. The summed E-state index contributed by atoms with van der Waals surface area (Å²) in [7, 11) is 1.98. The molecule has 2 aromatic rings. The largest absolute Gasteiger partial charge is 0.302 e. The van der Waals surface area contributed by atoms with Crippen LogP contribution in [0.3, 0.4) is 0 Å². The molecule has 0 aliphatic carbocycles. The second-order valence-corrected chi connectivity index (χ2v) is 5.01. The zero-order valence-corrected chi connectivity index (χ0v) is 11.1. The lowest BCUT2D eigenvalue weighted by Gasteiger charge is -2.26.